The summed E-state index contributed by atoms with van der Waals surface area (Å²) in [5.41, 5.74) is 0. The van der Waals surface area contributed by atoms with E-state index in [4.69, 9.17) is 0 Å². The molecule has 0 fully saturated rings. The van der Waals surface area contributed by atoms with E-state index in [9.17, 15) is 0 Å². The summed E-state index contributed by atoms with van der Waals surface area (Å²) < 4.78 is 0. The molecule has 1 aliphatic rings. The van der Waals surface area contributed by atoms with Crippen LogP contribution in [0.15, 0.2) is 12.4 Å². The van der Waals surface area contributed by atoms with E-state index in [1.54, 1.807) is 0 Å². The fraction of sp³-hybridized carbons (Fsp3) is 0.929. The lowest BCUT2D eigenvalue weighted by Gasteiger charge is -2.33. The molecule has 30 heavy (non-hydrogen) atoms. The molecular weight excluding hydrogens is 364 g/mol. The number of rotatable bonds is 22. The molecule has 1 rings (SSSR count). The molecule has 0 spiro atoms. The van der Waals surface area contributed by atoms with Gasteiger partial charge in [-0.25, -0.2) is 0 Å². The summed E-state index contributed by atoms with van der Waals surface area (Å²) in [5.74, 6) is 0. The molecule has 0 saturated carbocycles. The van der Waals surface area contributed by atoms with Crippen molar-refractivity contribution in [2.75, 3.05) is 13.1 Å². The van der Waals surface area contributed by atoms with Crippen LogP contribution in [0.2, 0.25) is 0 Å². The van der Waals surface area contributed by atoms with Crippen molar-refractivity contribution >= 4 is 0 Å². The molecule has 0 bridgehead atoms. The van der Waals surface area contributed by atoms with Crippen molar-refractivity contribution in [2.24, 2.45) is 0 Å². The zero-order chi connectivity index (χ0) is 21.7. The van der Waals surface area contributed by atoms with E-state index in [1.807, 2.05) is 0 Å². The van der Waals surface area contributed by atoms with Crippen LogP contribution in [0, 0.1) is 0 Å². The predicted molar refractivity (Wildman–Crippen MR) is 136 cm³/mol. The molecule has 1 atom stereocenters. The molecule has 2 nitrogen and oxygen atoms in total. The van der Waals surface area contributed by atoms with Gasteiger partial charge in [0, 0.05) is 25.5 Å². The van der Waals surface area contributed by atoms with Gasteiger partial charge in [0.05, 0.1) is 0 Å². The highest BCUT2D eigenvalue weighted by molar-refractivity contribution is 4.97. The molecule has 0 aromatic rings. The Balaban J connectivity index is 2.25. The molecular formula is C28H56N2. The van der Waals surface area contributed by atoms with Crippen LogP contribution in [-0.4, -0.2) is 29.1 Å². The first-order chi connectivity index (χ1) is 14.8. The third kappa shape index (κ3) is 13.6. The maximum absolute atomic E-state index is 2.67. The summed E-state index contributed by atoms with van der Waals surface area (Å²) in [4.78, 5) is 5.34. The Labute approximate surface area is 190 Å². The van der Waals surface area contributed by atoms with Crippen molar-refractivity contribution in [1.29, 1.82) is 0 Å². The molecule has 0 radical (unpaired) electrons. The Morgan fingerprint density at radius 2 is 0.767 bits per heavy atom. The van der Waals surface area contributed by atoms with E-state index in [1.165, 1.54) is 142 Å². The zero-order valence-corrected chi connectivity index (χ0v) is 21.2. The average molecular weight is 421 g/mol. The summed E-state index contributed by atoms with van der Waals surface area (Å²) in [5, 5.41) is 0. The molecule has 0 amide bonds. The van der Waals surface area contributed by atoms with Crippen LogP contribution >= 0.6 is 0 Å². The molecule has 2 heteroatoms. The SMILES string of the molecule is CCCCCCCCCCCN1C=CN(CCCCCC)C1CCCCCCCC. The Kier molecular flexibility index (Phi) is 18.5. The predicted octanol–water partition coefficient (Wildman–Crippen LogP) is 9.26. The Morgan fingerprint density at radius 3 is 1.20 bits per heavy atom. The lowest BCUT2D eigenvalue weighted by atomic mass is 10.1. The maximum atomic E-state index is 2.67. The lowest BCUT2D eigenvalue weighted by Crippen LogP contribution is -2.39. The van der Waals surface area contributed by atoms with Crippen LogP contribution < -0.4 is 0 Å². The zero-order valence-electron chi connectivity index (χ0n) is 21.2. The lowest BCUT2D eigenvalue weighted by molar-refractivity contribution is 0.135. The van der Waals surface area contributed by atoms with Crippen molar-refractivity contribution in [3.05, 3.63) is 12.4 Å². The van der Waals surface area contributed by atoms with Crippen molar-refractivity contribution in [1.82, 2.24) is 9.80 Å². The molecule has 0 aromatic heterocycles. The standard InChI is InChI=1S/C28H56N2/c1-4-7-10-13-15-16-17-19-22-25-30-27-26-29(24-21-12-9-6-3)28(30)23-20-18-14-11-8-5-2/h26-28H,4-25H2,1-3H3. The highest BCUT2D eigenvalue weighted by Gasteiger charge is 2.24. The van der Waals surface area contributed by atoms with Gasteiger partial charge in [-0.3, -0.25) is 0 Å². The molecule has 0 aliphatic carbocycles. The van der Waals surface area contributed by atoms with Gasteiger partial charge in [-0.15, -0.1) is 0 Å². The van der Waals surface area contributed by atoms with Crippen LogP contribution in [0.3, 0.4) is 0 Å². The average Bonchev–Trinajstić information content (AvgIpc) is 3.14. The van der Waals surface area contributed by atoms with Gasteiger partial charge in [-0.2, -0.15) is 0 Å². The number of unbranched alkanes of at least 4 members (excludes halogenated alkanes) is 16. The van der Waals surface area contributed by atoms with E-state index >= 15 is 0 Å². The summed E-state index contributed by atoms with van der Waals surface area (Å²) in [7, 11) is 0. The van der Waals surface area contributed by atoms with Gasteiger partial charge in [0.25, 0.3) is 0 Å². The quantitative estimate of drug-likeness (QED) is 0.161. The van der Waals surface area contributed by atoms with Crippen LogP contribution in [0.25, 0.3) is 0 Å². The van der Waals surface area contributed by atoms with E-state index in [-0.39, 0.29) is 0 Å². The minimum atomic E-state index is 0.645. The Bertz CT molecular complexity index is 379. The molecule has 0 saturated heterocycles. The topological polar surface area (TPSA) is 6.48 Å². The first-order valence-corrected chi connectivity index (χ1v) is 14.0. The minimum Gasteiger partial charge on any atom is -0.356 e. The van der Waals surface area contributed by atoms with Gasteiger partial charge >= 0.3 is 0 Å². The summed E-state index contributed by atoms with van der Waals surface area (Å²) in [6.45, 7) is 9.44. The molecule has 1 aliphatic heterocycles. The smallest absolute Gasteiger partial charge is 0.101 e. The fourth-order valence-electron chi connectivity index (χ4n) is 4.77. The van der Waals surface area contributed by atoms with Crippen molar-refractivity contribution < 1.29 is 0 Å². The van der Waals surface area contributed by atoms with Crippen molar-refractivity contribution in [3.63, 3.8) is 0 Å². The largest absolute Gasteiger partial charge is 0.356 e. The minimum absolute atomic E-state index is 0.645. The van der Waals surface area contributed by atoms with Crippen LogP contribution in [0.4, 0.5) is 0 Å². The highest BCUT2D eigenvalue weighted by atomic mass is 15.4. The Morgan fingerprint density at radius 1 is 0.433 bits per heavy atom. The molecule has 0 aromatic carbocycles. The summed E-state index contributed by atoms with van der Waals surface area (Å²) in [6, 6.07) is 0. The second kappa shape index (κ2) is 20.3. The van der Waals surface area contributed by atoms with Crippen LogP contribution in [0.5, 0.6) is 0 Å². The monoisotopic (exact) mass is 420 g/mol. The third-order valence-corrected chi connectivity index (χ3v) is 6.82. The van der Waals surface area contributed by atoms with Crippen LogP contribution in [0.1, 0.15) is 149 Å². The fourth-order valence-corrected chi connectivity index (χ4v) is 4.77. The van der Waals surface area contributed by atoms with E-state index < -0.39 is 0 Å². The second-order valence-corrected chi connectivity index (χ2v) is 9.70. The first-order valence-electron chi connectivity index (χ1n) is 14.0. The van der Waals surface area contributed by atoms with E-state index in [0.717, 1.165) is 0 Å². The third-order valence-electron chi connectivity index (χ3n) is 6.82. The Hall–Kier alpha value is -0.660. The molecule has 178 valence electrons. The normalized spacial score (nSPS) is 16.2. The highest BCUT2D eigenvalue weighted by Crippen LogP contribution is 2.23. The van der Waals surface area contributed by atoms with Gasteiger partial charge in [-0.05, 0) is 25.7 Å². The summed E-state index contributed by atoms with van der Waals surface area (Å²) >= 11 is 0. The number of hydrogen-bond acceptors (Lipinski definition) is 2. The van der Waals surface area contributed by atoms with E-state index in [0.29, 0.717) is 6.17 Å². The van der Waals surface area contributed by atoms with Gasteiger partial charge in [0.2, 0.25) is 0 Å². The summed E-state index contributed by atoms with van der Waals surface area (Å²) in [6.07, 6.45) is 33.6. The van der Waals surface area contributed by atoms with E-state index in [2.05, 4.69) is 43.0 Å². The van der Waals surface area contributed by atoms with Gasteiger partial charge in [-0.1, -0.05) is 124 Å². The maximum Gasteiger partial charge on any atom is 0.101 e. The van der Waals surface area contributed by atoms with Gasteiger partial charge in [0.15, 0.2) is 0 Å². The van der Waals surface area contributed by atoms with Gasteiger partial charge in [0.1, 0.15) is 6.17 Å². The number of nitrogens with zero attached hydrogens (tertiary/aromatic N) is 2. The second-order valence-electron chi connectivity index (χ2n) is 9.70. The molecule has 0 N–H and O–H groups in total. The first kappa shape index (κ1) is 27.4. The number of hydrogen-bond donors (Lipinski definition) is 0. The van der Waals surface area contributed by atoms with Crippen molar-refractivity contribution in [3.8, 4) is 0 Å². The molecule has 1 heterocycles. The van der Waals surface area contributed by atoms with Gasteiger partial charge < -0.3 is 9.80 Å². The van der Waals surface area contributed by atoms with Crippen LogP contribution in [-0.2, 0) is 0 Å². The van der Waals surface area contributed by atoms with Crippen molar-refractivity contribution in [2.45, 2.75) is 155 Å². The molecule has 1 unspecified atom stereocenters.